The summed E-state index contributed by atoms with van der Waals surface area (Å²) in [5, 5.41) is 3.57. The van der Waals surface area contributed by atoms with Crippen LogP contribution in [0.3, 0.4) is 0 Å². The predicted molar refractivity (Wildman–Crippen MR) is 86.6 cm³/mol. The number of rotatable bonds is 3. The molecule has 0 amide bonds. The van der Waals surface area contributed by atoms with Gasteiger partial charge in [-0.2, -0.15) is 0 Å². The van der Waals surface area contributed by atoms with E-state index in [9.17, 15) is 0 Å². The van der Waals surface area contributed by atoms with Gasteiger partial charge in [0.05, 0.1) is 6.10 Å². The van der Waals surface area contributed by atoms with Gasteiger partial charge in [-0.1, -0.05) is 31.2 Å². The van der Waals surface area contributed by atoms with Crippen molar-refractivity contribution in [2.45, 2.75) is 56.8 Å². The fourth-order valence-electron chi connectivity index (χ4n) is 4.33. The topological polar surface area (TPSA) is 24.5 Å². The molecule has 21 heavy (non-hydrogen) atoms. The van der Waals surface area contributed by atoms with Crippen LogP contribution in [0.4, 0.5) is 0 Å². The molecule has 116 valence electrons. The molecule has 0 radical (unpaired) electrons. The van der Waals surface area contributed by atoms with Crippen LogP contribution >= 0.6 is 0 Å². The summed E-state index contributed by atoms with van der Waals surface area (Å²) in [5.41, 5.74) is 2.99. The molecule has 1 aromatic rings. The first-order chi connectivity index (χ1) is 10.1. The van der Waals surface area contributed by atoms with E-state index in [1.54, 1.807) is 0 Å². The van der Waals surface area contributed by atoms with Gasteiger partial charge in [0.1, 0.15) is 0 Å². The Bertz CT molecular complexity index is 490. The monoisotopic (exact) mass is 288 g/mol. The quantitative estimate of drug-likeness (QED) is 0.925. The maximum atomic E-state index is 5.78. The van der Waals surface area contributed by atoms with Crippen molar-refractivity contribution in [2.24, 2.45) is 0 Å². The van der Waals surface area contributed by atoms with Gasteiger partial charge in [0.2, 0.25) is 0 Å². The Kier molecular flexibility index (Phi) is 4.34. The number of benzene rings is 1. The van der Waals surface area contributed by atoms with E-state index >= 15 is 0 Å². The van der Waals surface area contributed by atoms with E-state index < -0.39 is 0 Å². The van der Waals surface area contributed by atoms with Crippen molar-refractivity contribution in [3.63, 3.8) is 0 Å². The number of fused-ring (bicyclic) bond motifs is 1. The predicted octanol–water partition coefficient (Wildman–Crippen LogP) is 2.93. The fraction of sp³-hybridized carbons (Fsp3) is 0.667. The van der Waals surface area contributed by atoms with Gasteiger partial charge < -0.3 is 10.1 Å². The maximum Gasteiger partial charge on any atom is 0.0703 e. The standard InChI is InChI=1S/C18H28N2O/c1-12-11-17(20(4)16-9-10-21-13(16)2)18(19-3)15-8-6-5-7-14(12)15/h5-8,12-13,16-19H,9-11H2,1-4H3. The Balaban J connectivity index is 1.89. The summed E-state index contributed by atoms with van der Waals surface area (Å²) in [6.07, 6.45) is 2.71. The fourth-order valence-corrected chi connectivity index (χ4v) is 4.33. The third-order valence-corrected chi connectivity index (χ3v) is 5.54. The second kappa shape index (κ2) is 6.07. The van der Waals surface area contributed by atoms with Crippen LogP contribution in [0.1, 0.15) is 49.8 Å². The summed E-state index contributed by atoms with van der Waals surface area (Å²) < 4.78 is 5.78. The zero-order valence-corrected chi connectivity index (χ0v) is 13.7. The van der Waals surface area contributed by atoms with Gasteiger partial charge in [0, 0.05) is 24.7 Å². The molecule has 0 saturated carbocycles. The third kappa shape index (κ3) is 2.63. The molecule has 0 bridgehead atoms. The molecule has 1 aromatic carbocycles. The molecule has 5 atom stereocenters. The highest BCUT2D eigenvalue weighted by Gasteiger charge is 2.39. The second-order valence-corrected chi connectivity index (χ2v) is 6.70. The minimum absolute atomic E-state index is 0.347. The number of nitrogens with one attached hydrogen (secondary N) is 1. The van der Waals surface area contributed by atoms with Gasteiger partial charge in [-0.25, -0.2) is 0 Å². The summed E-state index contributed by atoms with van der Waals surface area (Å²) in [6.45, 7) is 5.47. The molecule has 0 aromatic heterocycles. The Morgan fingerprint density at radius 2 is 1.86 bits per heavy atom. The lowest BCUT2D eigenvalue weighted by Crippen LogP contribution is -2.51. The molecule has 1 saturated heterocycles. The first-order valence-electron chi connectivity index (χ1n) is 8.23. The molecule has 0 spiro atoms. The van der Waals surface area contributed by atoms with Crippen molar-refractivity contribution in [1.29, 1.82) is 0 Å². The summed E-state index contributed by atoms with van der Waals surface area (Å²) in [5.74, 6) is 0.621. The second-order valence-electron chi connectivity index (χ2n) is 6.70. The molecule has 3 heteroatoms. The van der Waals surface area contributed by atoms with Crippen molar-refractivity contribution in [3.05, 3.63) is 35.4 Å². The third-order valence-electron chi connectivity index (χ3n) is 5.54. The van der Waals surface area contributed by atoms with Gasteiger partial charge in [-0.15, -0.1) is 0 Å². The van der Waals surface area contributed by atoms with Crippen molar-refractivity contribution in [2.75, 3.05) is 20.7 Å². The van der Waals surface area contributed by atoms with Crippen molar-refractivity contribution in [1.82, 2.24) is 10.2 Å². The Hall–Kier alpha value is -0.900. The zero-order valence-electron chi connectivity index (χ0n) is 13.7. The normalized spacial score (nSPS) is 36.0. The molecular weight excluding hydrogens is 260 g/mol. The molecule has 1 aliphatic heterocycles. The van der Waals surface area contributed by atoms with Gasteiger partial charge in [0.25, 0.3) is 0 Å². The van der Waals surface area contributed by atoms with Crippen molar-refractivity contribution >= 4 is 0 Å². The lowest BCUT2D eigenvalue weighted by molar-refractivity contribution is 0.0518. The highest BCUT2D eigenvalue weighted by Crippen LogP contribution is 2.40. The maximum absolute atomic E-state index is 5.78. The Morgan fingerprint density at radius 1 is 1.14 bits per heavy atom. The molecule has 3 nitrogen and oxygen atoms in total. The molecule has 3 rings (SSSR count). The minimum Gasteiger partial charge on any atom is -0.377 e. The van der Waals surface area contributed by atoms with Gasteiger partial charge in [0.15, 0.2) is 0 Å². The largest absolute Gasteiger partial charge is 0.377 e. The van der Waals surface area contributed by atoms with E-state index in [4.69, 9.17) is 4.74 Å². The van der Waals surface area contributed by atoms with Gasteiger partial charge >= 0.3 is 0 Å². The number of ether oxygens (including phenoxy) is 1. The van der Waals surface area contributed by atoms with Crippen LogP contribution in [0, 0.1) is 0 Å². The molecule has 1 aliphatic carbocycles. The molecule has 5 unspecified atom stereocenters. The van der Waals surface area contributed by atoms with Crippen LogP contribution in [-0.2, 0) is 4.74 Å². The molecule has 1 fully saturated rings. The molecular formula is C18H28N2O. The average molecular weight is 288 g/mol. The van der Waals surface area contributed by atoms with Crippen LogP contribution in [0.25, 0.3) is 0 Å². The zero-order chi connectivity index (χ0) is 15.0. The van der Waals surface area contributed by atoms with Gasteiger partial charge in [-0.3, -0.25) is 4.90 Å². The summed E-state index contributed by atoms with van der Waals surface area (Å²) in [6, 6.07) is 10.4. The smallest absolute Gasteiger partial charge is 0.0703 e. The molecule has 2 aliphatic rings. The number of hydrogen-bond donors (Lipinski definition) is 1. The van der Waals surface area contributed by atoms with Crippen LogP contribution in [-0.4, -0.2) is 43.8 Å². The Morgan fingerprint density at radius 3 is 2.48 bits per heavy atom. The van der Waals surface area contributed by atoms with Crippen LogP contribution in [0.15, 0.2) is 24.3 Å². The molecule has 1 N–H and O–H groups in total. The number of nitrogens with zero attached hydrogens (tertiary/aromatic N) is 1. The average Bonchev–Trinajstić information content (AvgIpc) is 2.92. The number of likely N-dealkylation sites (N-methyl/N-ethyl adjacent to an activating group) is 2. The van der Waals surface area contributed by atoms with E-state index in [1.807, 2.05) is 0 Å². The van der Waals surface area contributed by atoms with E-state index in [2.05, 4.69) is 62.4 Å². The van der Waals surface area contributed by atoms with E-state index in [1.165, 1.54) is 17.5 Å². The van der Waals surface area contributed by atoms with Gasteiger partial charge in [-0.05, 0) is 50.9 Å². The van der Waals surface area contributed by atoms with Crippen molar-refractivity contribution in [3.8, 4) is 0 Å². The lowest BCUT2D eigenvalue weighted by atomic mass is 9.77. The first-order valence-corrected chi connectivity index (χ1v) is 8.23. The van der Waals surface area contributed by atoms with E-state index in [0.29, 0.717) is 30.1 Å². The Labute approximate surface area is 128 Å². The van der Waals surface area contributed by atoms with Crippen LogP contribution < -0.4 is 5.32 Å². The van der Waals surface area contributed by atoms with Crippen LogP contribution in [0.2, 0.25) is 0 Å². The summed E-state index contributed by atoms with van der Waals surface area (Å²) in [4.78, 5) is 2.57. The highest BCUT2D eigenvalue weighted by molar-refractivity contribution is 5.36. The van der Waals surface area contributed by atoms with E-state index in [0.717, 1.165) is 13.0 Å². The SMILES string of the molecule is CNC1c2ccccc2C(C)CC1N(C)C1CCOC1C. The highest BCUT2D eigenvalue weighted by atomic mass is 16.5. The summed E-state index contributed by atoms with van der Waals surface area (Å²) >= 11 is 0. The lowest BCUT2D eigenvalue weighted by Gasteiger charge is -2.44. The summed E-state index contributed by atoms with van der Waals surface area (Å²) in [7, 11) is 4.37. The number of hydrogen-bond acceptors (Lipinski definition) is 3. The van der Waals surface area contributed by atoms with E-state index in [-0.39, 0.29) is 0 Å². The minimum atomic E-state index is 0.347. The van der Waals surface area contributed by atoms with Crippen LogP contribution in [0.5, 0.6) is 0 Å². The van der Waals surface area contributed by atoms with Crippen molar-refractivity contribution < 1.29 is 4.74 Å². The first kappa shape index (κ1) is 15.0. The molecule has 1 heterocycles.